The number of imide groups is 2. The Morgan fingerprint density at radius 3 is 2.27 bits per heavy atom. The van der Waals surface area contributed by atoms with Crippen molar-refractivity contribution in [2.24, 2.45) is 16.2 Å². The molecule has 2 N–H and O–H groups in total. The van der Waals surface area contributed by atoms with Crippen molar-refractivity contribution in [1.82, 2.24) is 20.4 Å². The Bertz CT molecular complexity index is 1330. The highest BCUT2D eigenvalue weighted by Crippen LogP contribution is 2.32. The Hall–Kier alpha value is -2.83. The van der Waals surface area contributed by atoms with E-state index in [0.717, 1.165) is 88.6 Å². The van der Waals surface area contributed by atoms with Crippen LogP contribution in [0.4, 0.5) is 5.69 Å². The summed E-state index contributed by atoms with van der Waals surface area (Å²) in [5.74, 6) is 0.560. The van der Waals surface area contributed by atoms with Crippen LogP contribution in [0, 0.1) is 11.8 Å². The van der Waals surface area contributed by atoms with Crippen molar-refractivity contribution in [2.45, 2.75) is 44.6 Å². The standard InChI is InChI=1S/C29H40N6O5S/c36-26-4-3-25(27(37)32-26)35-28(38)23-2-1-22(17-24(23)29(35)39)34-11-7-21(8-12-34)19-33-13-15-41(40,16-14-33)31-18-20-5-9-30-10-6-20/h1-2,17,20-21,25,30H,3-16,18-19H2,(H,32,36,37). The Labute approximate surface area is 241 Å². The number of benzene rings is 1. The number of rotatable bonds is 6. The summed E-state index contributed by atoms with van der Waals surface area (Å²) in [6, 6.07) is 4.39. The van der Waals surface area contributed by atoms with Gasteiger partial charge in [-0.3, -0.25) is 29.4 Å². The van der Waals surface area contributed by atoms with Gasteiger partial charge in [0.05, 0.1) is 17.7 Å². The molecule has 0 spiro atoms. The molecule has 4 amide bonds. The minimum atomic E-state index is -2.08. The number of hydrogen-bond acceptors (Lipinski definition) is 9. The van der Waals surface area contributed by atoms with Gasteiger partial charge in [0, 0.05) is 66.1 Å². The van der Waals surface area contributed by atoms with Crippen LogP contribution in [0.25, 0.3) is 0 Å². The molecule has 12 heteroatoms. The van der Waals surface area contributed by atoms with Gasteiger partial charge in [-0.1, -0.05) is 0 Å². The first kappa shape index (κ1) is 28.3. The van der Waals surface area contributed by atoms with Crippen LogP contribution >= 0.6 is 0 Å². The molecule has 1 atom stereocenters. The van der Waals surface area contributed by atoms with Crippen LogP contribution in [-0.2, 0) is 19.3 Å². The Morgan fingerprint density at radius 1 is 0.854 bits per heavy atom. The SMILES string of the molecule is O=C1CCC(N2C(=O)c3ccc(N4CCC(CN5CCS(=O)(=NCC6CCNCC6)CC5)CC4)cc3C2=O)C(=O)N1. The highest BCUT2D eigenvalue weighted by Gasteiger charge is 2.44. The van der Waals surface area contributed by atoms with E-state index in [9.17, 15) is 23.4 Å². The van der Waals surface area contributed by atoms with Gasteiger partial charge in [-0.2, -0.15) is 0 Å². The topological polar surface area (TPSA) is 131 Å². The molecule has 0 aromatic heterocycles. The van der Waals surface area contributed by atoms with E-state index in [1.807, 2.05) is 6.07 Å². The van der Waals surface area contributed by atoms with Gasteiger partial charge in [0.25, 0.3) is 11.8 Å². The zero-order valence-electron chi connectivity index (χ0n) is 23.5. The van der Waals surface area contributed by atoms with Crippen molar-refractivity contribution in [3.63, 3.8) is 0 Å². The molecule has 41 heavy (non-hydrogen) atoms. The van der Waals surface area contributed by atoms with Gasteiger partial charge in [0.15, 0.2) is 0 Å². The van der Waals surface area contributed by atoms with Crippen LogP contribution in [0.3, 0.4) is 0 Å². The molecule has 4 saturated heterocycles. The van der Waals surface area contributed by atoms with Crippen molar-refractivity contribution in [2.75, 3.05) is 68.8 Å². The second-order valence-corrected chi connectivity index (χ2v) is 14.7. The number of anilines is 1. The lowest BCUT2D eigenvalue weighted by Crippen LogP contribution is -2.54. The van der Waals surface area contributed by atoms with Gasteiger partial charge in [-0.15, -0.1) is 0 Å². The number of carbonyl (C=O) groups is 4. The second-order valence-electron chi connectivity index (χ2n) is 12.1. The summed E-state index contributed by atoms with van der Waals surface area (Å²) in [6.07, 6.45) is 4.57. The molecule has 0 saturated carbocycles. The van der Waals surface area contributed by atoms with Gasteiger partial charge in [0.1, 0.15) is 6.04 Å². The first-order chi connectivity index (χ1) is 19.8. The summed E-state index contributed by atoms with van der Waals surface area (Å²) in [4.78, 5) is 55.8. The lowest BCUT2D eigenvalue weighted by Gasteiger charge is -2.37. The van der Waals surface area contributed by atoms with Crippen molar-refractivity contribution < 1.29 is 23.4 Å². The normalized spacial score (nSPS) is 26.3. The van der Waals surface area contributed by atoms with Gasteiger partial charge >= 0.3 is 0 Å². The van der Waals surface area contributed by atoms with Crippen LogP contribution < -0.4 is 15.5 Å². The van der Waals surface area contributed by atoms with E-state index in [4.69, 9.17) is 4.36 Å². The van der Waals surface area contributed by atoms with E-state index in [1.165, 1.54) is 0 Å². The van der Waals surface area contributed by atoms with Crippen molar-refractivity contribution in [3.05, 3.63) is 29.3 Å². The number of nitrogens with one attached hydrogen (secondary N) is 2. The zero-order valence-corrected chi connectivity index (χ0v) is 24.3. The predicted octanol–water partition coefficient (Wildman–Crippen LogP) is 1.09. The molecular weight excluding hydrogens is 544 g/mol. The summed E-state index contributed by atoms with van der Waals surface area (Å²) in [7, 11) is -2.08. The number of amides is 4. The minimum absolute atomic E-state index is 0.105. The smallest absolute Gasteiger partial charge is 0.262 e. The average Bonchev–Trinajstić information content (AvgIpc) is 3.23. The molecule has 1 aromatic carbocycles. The quantitative estimate of drug-likeness (QED) is 0.475. The lowest BCUT2D eigenvalue weighted by atomic mass is 9.95. The maximum absolute atomic E-state index is 13.3. The second kappa shape index (κ2) is 11.8. The number of piperidine rings is 3. The molecule has 1 unspecified atom stereocenters. The number of fused-ring (bicyclic) bond motifs is 1. The number of nitrogens with zero attached hydrogens (tertiary/aromatic N) is 4. The summed E-state index contributed by atoms with van der Waals surface area (Å²) >= 11 is 0. The summed E-state index contributed by atoms with van der Waals surface area (Å²) in [5, 5.41) is 5.61. The summed E-state index contributed by atoms with van der Waals surface area (Å²) in [5.41, 5.74) is 1.53. The van der Waals surface area contributed by atoms with Crippen LogP contribution in [0.1, 0.15) is 59.2 Å². The molecule has 222 valence electrons. The molecule has 0 bridgehead atoms. The fraction of sp³-hybridized carbons (Fsp3) is 0.655. The first-order valence-electron chi connectivity index (χ1n) is 15.0. The molecule has 4 fully saturated rings. The average molecular weight is 585 g/mol. The lowest BCUT2D eigenvalue weighted by molar-refractivity contribution is -0.136. The van der Waals surface area contributed by atoms with E-state index >= 15 is 0 Å². The molecular formula is C29H40N6O5S. The third-order valence-corrected chi connectivity index (χ3v) is 11.7. The fourth-order valence-electron chi connectivity index (χ4n) is 6.77. The molecule has 1 aromatic rings. The van der Waals surface area contributed by atoms with E-state index in [0.29, 0.717) is 34.5 Å². The molecule has 0 radical (unpaired) electrons. The highest BCUT2D eigenvalue weighted by molar-refractivity contribution is 7.93. The van der Waals surface area contributed by atoms with E-state index in [1.54, 1.807) is 12.1 Å². The van der Waals surface area contributed by atoms with Gasteiger partial charge in [-0.25, -0.2) is 8.57 Å². The molecule has 6 rings (SSSR count). The predicted molar refractivity (Wildman–Crippen MR) is 155 cm³/mol. The summed E-state index contributed by atoms with van der Waals surface area (Å²) < 4.78 is 18.0. The van der Waals surface area contributed by atoms with Crippen LogP contribution in [0.2, 0.25) is 0 Å². The largest absolute Gasteiger partial charge is 0.371 e. The van der Waals surface area contributed by atoms with Gasteiger partial charge in [-0.05, 0) is 75.2 Å². The van der Waals surface area contributed by atoms with E-state index < -0.39 is 33.5 Å². The fourth-order valence-corrected chi connectivity index (χ4v) is 8.80. The van der Waals surface area contributed by atoms with Crippen LogP contribution in [0.5, 0.6) is 0 Å². The maximum atomic E-state index is 13.3. The molecule has 5 aliphatic heterocycles. The number of hydrogen-bond donors (Lipinski definition) is 2. The van der Waals surface area contributed by atoms with Gasteiger partial charge in [0.2, 0.25) is 11.8 Å². The Balaban J connectivity index is 1.00. The Kier molecular flexibility index (Phi) is 8.15. The van der Waals surface area contributed by atoms with Gasteiger partial charge < -0.3 is 15.1 Å². The highest BCUT2D eigenvalue weighted by atomic mass is 32.2. The van der Waals surface area contributed by atoms with Crippen LogP contribution in [0.15, 0.2) is 22.6 Å². The van der Waals surface area contributed by atoms with E-state index in [2.05, 4.69) is 20.4 Å². The number of carbonyl (C=O) groups excluding carboxylic acids is 4. The third kappa shape index (κ3) is 6.05. The maximum Gasteiger partial charge on any atom is 0.262 e. The molecule has 11 nitrogen and oxygen atoms in total. The summed E-state index contributed by atoms with van der Waals surface area (Å²) in [6.45, 7) is 7.25. The molecule has 5 heterocycles. The first-order valence-corrected chi connectivity index (χ1v) is 16.9. The van der Waals surface area contributed by atoms with Crippen LogP contribution in [-0.4, -0.2) is 108 Å². The zero-order chi connectivity index (χ0) is 28.6. The third-order valence-electron chi connectivity index (χ3n) is 9.40. The monoisotopic (exact) mass is 584 g/mol. The minimum Gasteiger partial charge on any atom is -0.371 e. The van der Waals surface area contributed by atoms with Crippen molar-refractivity contribution in [1.29, 1.82) is 0 Å². The van der Waals surface area contributed by atoms with Crippen molar-refractivity contribution >= 4 is 39.0 Å². The molecule has 0 aliphatic carbocycles. The van der Waals surface area contributed by atoms with E-state index in [-0.39, 0.29) is 18.7 Å². The molecule has 5 aliphatic rings. The Morgan fingerprint density at radius 2 is 1.56 bits per heavy atom. The van der Waals surface area contributed by atoms with Crippen molar-refractivity contribution in [3.8, 4) is 0 Å².